The van der Waals surface area contributed by atoms with Crippen molar-refractivity contribution < 1.29 is 0 Å². The number of benzene rings is 1. The van der Waals surface area contributed by atoms with E-state index in [-0.39, 0.29) is 11.1 Å². The molecule has 128 valence electrons. The summed E-state index contributed by atoms with van der Waals surface area (Å²) in [5, 5.41) is 10.6. The Hall–Kier alpha value is -3.39. The molecule has 3 heterocycles. The molecule has 0 aliphatic carbocycles. The molecule has 0 fully saturated rings. The summed E-state index contributed by atoms with van der Waals surface area (Å²) in [6.45, 7) is 1.42. The highest BCUT2D eigenvalue weighted by Crippen LogP contribution is 2.31. The van der Waals surface area contributed by atoms with Gasteiger partial charge in [-0.25, -0.2) is 0 Å². The highest BCUT2D eigenvalue weighted by Gasteiger charge is 2.22. The summed E-state index contributed by atoms with van der Waals surface area (Å²) in [6, 6.07) is 13.9. The van der Waals surface area contributed by atoms with Crippen molar-refractivity contribution >= 4 is 22.2 Å². The Morgan fingerprint density at radius 3 is 2.73 bits per heavy atom. The van der Waals surface area contributed by atoms with Crippen LogP contribution >= 0.6 is 0 Å². The van der Waals surface area contributed by atoms with Crippen LogP contribution in [-0.4, -0.2) is 22.6 Å². The first-order valence-electron chi connectivity index (χ1n) is 8.57. The molecule has 0 bridgehead atoms. The largest absolute Gasteiger partial charge is 0.366 e. The van der Waals surface area contributed by atoms with Crippen LogP contribution in [0.5, 0.6) is 0 Å². The van der Waals surface area contributed by atoms with E-state index in [0.29, 0.717) is 6.54 Å². The van der Waals surface area contributed by atoms with Crippen molar-refractivity contribution in [1.82, 2.24) is 9.55 Å². The molecule has 5 nitrogen and oxygen atoms in total. The highest BCUT2D eigenvalue weighted by molar-refractivity contribution is 5.95. The second-order valence-corrected chi connectivity index (χ2v) is 6.38. The maximum absolute atomic E-state index is 12.7. The van der Waals surface area contributed by atoms with Gasteiger partial charge in [-0.1, -0.05) is 30.3 Å². The molecule has 1 aromatic carbocycles. The Balaban J connectivity index is 1.81. The molecule has 0 amide bonds. The SMILES string of the molecule is Cn1c(=O)c(C#N)c(N2CC=C(c3cccnc3)CC2)c2ccccc21. The number of nitrogens with zero attached hydrogens (tertiary/aromatic N) is 4. The lowest BCUT2D eigenvalue weighted by Crippen LogP contribution is -2.32. The Morgan fingerprint density at radius 1 is 1.19 bits per heavy atom. The number of aromatic nitrogens is 2. The summed E-state index contributed by atoms with van der Waals surface area (Å²) in [5.74, 6) is 0. The molecule has 1 aliphatic heterocycles. The molecule has 0 unspecified atom stereocenters. The first-order valence-corrected chi connectivity index (χ1v) is 8.57. The summed E-state index contributed by atoms with van der Waals surface area (Å²) in [4.78, 5) is 19.0. The number of hydrogen-bond acceptors (Lipinski definition) is 4. The highest BCUT2D eigenvalue weighted by atomic mass is 16.1. The van der Waals surface area contributed by atoms with Gasteiger partial charge in [0.05, 0.1) is 11.2 Å². The van der Waals surface area contributed by atoms with Crippen LogP contribution in [0.15, 0.2) is 59.7 Å². The average Bonchev–Trinajstić information content (AvgIpc) is 2.71. The van der Waals surface area contributed by atoms with Crippen molar-refractivity contribution in [2.75, 3.05) is 18.0 Å². The van der Waals surface area contributed by atoms with Crippen molar-refractivity contribution in [3.63, 3.8) is 0 Å². The molecule has 1 aliphatic rings. The molecule has 0 atom stereocenters. The fourth-order valence-corrected chi connectivity index (χ4v) is 3.60. The Bertz CT molecular complexity index is 1110. The van der Waals surface area contributed by atoms with Gasteiger partial charge >= 0.3 is 0 Å². The van der Waals surface area contributed by atoms with Gasteiger partial charge in [0.25, 0.3) is 5.56 Å². The molecule has 0 saturated heterocycles. The van der Waals surface area contributed by atoms with Crippen LogP contribution in [0.4, 0.5) is 5.69 Å². The predicted molar refractivity (Wildman–Crippen MR) is 103 cm³/mol. The minimum absolute atomic E-state index is 0.212. The fourth-order valence-electron chi connectivity index (χ4n) is 3.60. The molecule has 4 rings (SSSR count). The first kappa shape index (κ1) is 16.1. The Morgan fingerprint density at radius 2 is 2.04 bits per heavy atom. The van der Waals surface area contributed by atoms with Crippen molar-refractivity contribution in [1.29, 1.82) is 5.26 Å². The van der Waals surface area contributed by atoms with Gasteiger partial charge < -0.3 is 9.47 Å². The number of rotatable bonds is 2. The number of hydrogen-bond donors (Lipinski definition) is 0. The lowest BCUT2D eigenvalue weighted by Gasteiger charge is -2.30. The molecule has 2 aromatic heterocycles. The quantitative estimate of drug-likeness (QED) is 0.718. The molecule has 0 saturated carbocycles. The summed E-state index contributed by atoms with van der Waals surface area (Å²) in [6.07, 6.45) is 6.65. The summed E-state index contributed by atoms with van der Waals surface area (Å²) < 4.78 is 1.55. The number of pyridine rings is 2. The standard InChI is InChI=1S/C21H18N4O/c1-24-19-7-3-2-6-17(19)20(18(13-22)21(24)26)25-11-8-15(9-12-25)16-5-4-10-23-14-16/h2-8,10,14H,9,11-12H2,1H3. The van der Waals surface area contributed by atoms with Gasteiger partial charge in [0, 0.05) is 37.9 Å². The second kappa shape index (κ2) is 6.49. The van der Waals surface area contributed by atoms with Gasteiger partial charge in [-0.15, -0.1) is 0 Å². The predicted octanol–water partition coefficient (Wildman–Crippen LogP) is 3.10. The number of fused-ring (bicyclic) bond motifs is 1. The van der Waals surface area contributed by atoms with E-state index in [1.807, 2.05) is 36.5 Å². The summed E-state index contributed by atoms with van der Waals surface area (Å²) >= 11 is 0. The summed E-state index contributed by atoms with van der Waals surface area (Å²) in [7, 11) is 1.71. The smallest absolute Gasteiger partial charge is 0.270 e. The van der Waals surface area contributed by atoms with E-state index in [4.69, 9.17) is 0 Å². The van der Waals surface area contributed by atoms with Crippen molar-refractivity contribution in [3.8, 4) is 6.07 Å². The van der Waals surface area contributed by atoms with E-state index in [0.717, 1.165) is 35.1 Å². The van der Waals surface area contributed by atoms with Crippen molar-refractivity contribution in [2.24, 2.45) is 7.05 Å². The van der Waals surface area contributed by atoms with Crippen LogP contribution in [-0.2, 0) is 7.05 Å². The third-order valence-corrected chi connectivity index (χ3v) is 4.95. The number of aryl methyl sites for hydroxylation is 1. The Kier molecular flexibility index (Phi) is 4.02. The second-order valence-electron chi connectivity index (χ2n) is 6.38. The lowest BCUT2D eigenvalue weighted by molar-refractivity contribution is 0.824. The van der Waals surface area contributed by atoms with Gasteiger partial charge in [0.15, 0.2) is 0 Å². The zero-order chi connectivity index (χ0) is 18.1. The van der Waals surface area contributed by atoms with Crippen molar-refractivity contribution in [2.45, 2.75) is 6.42 Å². The van der Waals surface area contributed by atoms with Gasteiger partial charge in [-0.05, 0) is 29.7 Å². The monoisotopic (exact) mass is 342 g/mol. The molecule has 3 aromatic rings. The normalized spacial score (nSPS) is 14.2. The molecular weight excluding hydrogens is 324 g/mol. The Labute approximate surface area is 151 Å². The van der Waals surface area contributed by atoms with E-state index in [2.05, 4.69) is 28.1 Å². The average molecular weight is 342 g/mol. The van der Waals surface area contributed by atoms with Crippen LogP contribution in [0.1, 0.15) is 17.5 Å². The van der Waals surface area contributed by atoms with Crippen molar-refractivity contribution in [3.05, 3.63) is 76.3 Å². The third kappa shape index (κ3) is 2.56. The van der Waals surface area contributed by atoms with E-state index in [1.54, 1.807) is 17.8 Å². The molecule has 26 heavy (non-hydrogen) atoms. The number of para-hydroxylation sites is 1. The van der Waals surface area contributed by atoms with Gasteiger partial charge in [-0.3, -0.25) is 9.78 Å². The van der Waals surface area contributed by atoms with Crippen LogP contribution in [0.3, 0.4) is 0 Å². The first-order chi connectivity index (χ1) is 12.7. The molecule has 0 spiro atoms. The van der Waals surface area contributed by atoms with Crippen LogP contribution < -0.4 is 10.5 Å². The fraction of sp³-hybridized carbons (Fsp3) is 0.190. The van der Waals surface area contributed by atoms with E-state index in [1.165, 1.54) is 5.57 Å². The lowest BCUT2D eigenvalue weighted by atomic mass is 9.99. The molecule has 0 radical (unpaired) electrons. The van der Waals surface area contributed by atoms with Crippen LogP contribution in [0.25, 0.3) is 16.5 Å². The minimum Gasteiger partial charge on any atom is -0.366 e. The van der Waals surface area contributed by atoms with Gasteiger partial charge in [-0.2, -0.15) is 5.26 Å². The van der Waals surface area contributed by atoms with E-state index >= 15 is 0 Å². The molecule has 5 heteroatoms. The maximum atomic E-state index is 12.7. The van der Waals surface area contributed by atoms with Gasteiger partial charge in [0.2, 0.25) is 0 Å². The number of nitriles is 1. The topological polar surface area (TPSA) is 61.9 Å². The maximum Gasteiger partial charge on any atom is 0.270 e. The molecule has 0 N–H and O–H groups in total. The van der Waals surface area contributed by atoms with E-state index < -0.39 is 0 Å². The summed E-state index contributed by atoms with van der Waals surface area (Å²) in [5.41, 5.74) is 3.93. The zero-order valence-electron chi connectivity index (χ0n) is 14.5. The molecular formula is C21H18N4O. The third-order valence-electron chi connectivity index (χ3n) is 4.95. The van der Waals surface area contributed by atoms with E-state index in [9.17, 15) is 10.1 Å². The minimum atomic E-state index is -0.247. The van der Waals surface area contributed by atoms with Gasteiger partial charge in [0.1, 0.15) is 11.6 Å². The zero-order valence-corrected chi connectivity index (χ0v) is 14.5. The number of anilines is 1. The van der Waals surface area contributed by atoms with Crippen LogP contribution in [0, 0.1) is 11.3 Å². The van der Waals surface area contributed by atoms with Crippen LogP contribution in [0.2, 0.25) is 0 Å².